The molecule has 1 heterocycles. The van der Waals surface area contributed by atoms with Crippen LogP contribution in [0.3, 0.4) is 0 Å². The topological polar surface area (TPSA) is 12.5 Å². The average Bonchev–Trinajstić information content (AvgIpc) is 2.85. The van der Waals surface area contributed by atoms with Crippen molar-refractivity contribution in [2.45, 2.75) is 0 Å². The van der Waals surface area contributed by atoms with Crippen molar-refractivity contribution in [1.82, 2.24) is 0 Å². The van der Waals surface area contributed by atoms with Gasteiger partial charge in [-0.2, -0.15) is 0 Å². The monoisotopic (exact) mass is 273 g/mol. The lowest BCUT2D eigenvalue weighted by Crippen LogP contribution is -2.12. The molecule has 102 valence electrons. The first-order valence-corrected chi connectivity index (χ1v) is 7.03. The molecule has 0 spiro atoms. The van der Waals surface area contributed by atoms with Gasteiger partial charge in [-0.05, 0) is 28.5 Å². The fourth-order valence-corrected chi connectivity index (χ4v) is 2.76. The Kier molecular flexibility index (Phi) is 2.68. The zero-order valence-electron chi connectivity index (χ0n) is 11.8. The lowest BCUT2D eigenvalue weighted by atomic mass is 10.0. The zero-order chi connectivity index (χ0) is 14.2. The largest absolute Gasteiger partial charge is 0.439 e. The van der Waals surface area contributed by atoms with E-state index in [0.717, 1.165) is 17.3 Å². The van der Waals surface area contributed by atoms with Crippen molar-refractivity contribution in [3.63, 3.8) is 0 Å². The number of nitrogens with zero attached hydrogens (tertiary/aromatic N) is 1. The van der Waals surface area contributed by atoms with Crippen LogP contribution in [0.5, 0.6) is 5.75 Å². The molecule has 0 atom stereocenters. The molecule has 0 aliphatic carbocycles. The number of ether oxygens (including phenoxy) is 1. The summed E-state index contributed by atoms with van der Waals surface area (Å²) in [5, 5.41) is 2.48. The Balaban J connectivity index is 1.82. The third kappa shape index (κ3) is 1.96. The van der Waals surface area contributed by atoms with E-state index in [1.54, 1.807) is 0 Å². The summed E-state index contributed by atoms with van der Waals surface area (Å²) in [6.45, 7) is 0. The number of para-hydroxylation sites is 2. The SMILES string of the molecule is CN1C(=Cc2cccc3ccccc23)Oc2ccccc21. The van der Waals surface area contributed by atoms with Crippen molar-refractivity contribution in [1.29, 1.82) is 0 Å². The van der Waals surface area contributed by atoms with Gasteiger partial charge in [-0.15, -0.1) is 0 Å². The van der Waals surface area contributed by atoms with E-state index in [2.05, 4.69) is 59.5 Å². The van der Waals surface area contributed by atoms with Gasteiger partial charge in [-0.25, -0.2) is 0 Å². The Morgan fingerprint density at radius 2 is 1.62 bits per heavy atom. The van der Waals surface area contributed by atoms with Gasteiger partial charge < -0.3 is 9.64 Å². The van der Waals surface area contributed by atoms with E-state index in [1.807, 2.05) is 25.2 Å². The van der Waals surface area contributed by atoms with Crippen molar-refractivity contribution in [2.75, 3.05) is 11.9 Å². The average molecular weight is 273 g/mol. The maximum atomic E-state index is 5.96. The minimum absolute atomic E-state index is 0.854. The Bertz CT molecular complexity index is 846. The van der Waals surface area contributed by atoms with Gasteiger partial charge in [-0.1, -0.05) is 54.6 Å². The highest BCUT2D eigenvalue weighted by molar-refractivity contribution is 5.91. The second-order valence-corrected chi connectivity index (χ2v) is 5.18. The van der Waals surface area contributed by atoms with Crippen molar-refractivity contribution >= 4 is 22.5 Å². The molecule has 1 aliphatic rings. The standard InChI is InChI=1S/C19H15NO/c1-20-17-11-4-5-12-18(17)21-19(20)13-15-9-6-8-14-7-2-3-10-16(14)15/h2-13H,1H3. The predicted molar refractivity (Wildman–Crippen MR) is 87.4 cm³/mol. The van der Waals surface area contributed by atoms with Crippen molar-refractivity contribution in [3.8, 4) is 5.75 Å². The molecule has 0 amide bonds. The van der Waals surface area contributed by atoms with Crippen molar-refractivity contribution in [2.24, 2.45) is 0 Å². The molecule has 0 N–H and O–H groups in total. The van der Waals surface area contributed by atoms with E-state index >= 15 is 0 Å². The number of hydrogen-bond donors (Lipinski definition) is 0. The Morgan fingerprint density at radius 3 is 2.52 bits per heavy atom. The summed E-state index contributed by atoms with van der Waals surface area (Å²) in [6, 6.07) is 22.8. The zero-order valence-corrected chi connectivity index (χ0v) is 11.8. The predicted octanol–water partition coefficient (Wildman–Crippen LogP) is 4.67. The molecular formula is C19H15NO. The lowest BCUT2D eigenvalue weighted by molar-refractivity contribution is 0.449. The van der Waals surface area contributed by atoms with Crippen LogP contribution >= 0.6 is 0 Å². The summed E-state index contributed by atoms with van der Waals surface area (Å²) in [7, 11) is 2.03. The number of benzene rings is 3. The van der Waals surface area contributed by atoms with Gasteiger partial charge in [0, 0.05) is 13.1 Å². The maximum Gasteiger partial charge on any atom is 0.201 e. The van der Waals surface area contributed by atoms with Crippen LogP contribution in [0.1, 0.15) is 5.56 Å². The van der Waals surface area contributed by atoms with E-state index < -0.39 is 0 Å². The highest BCUT2D eigenvalue weighted by Crippen LogP contribution is 2.38. The van der Waals surface area contributed by atoms with E-state index in [1.165, 1.54) is 16.3 Å². The van der Waals surface area contributed by atoms with E-state index in [-0.39, 0.29) is 0 Å². The molecule has 0 aromatic heterocycles. The van der Waals surface area contributed by atoms with Crippen LogP contribution in [-0.2, 0) is 0 Å². The van der Waals surface area contributed by atoms with Crippen LogP contribution in [0.15, 0.2) is 72.6 Å². The van der Waals surface area contributed by atoms with Gasteiger partial charge in [0.2, 0.25) is 5.88 Å². The van der Waals surface area contributed by atoms with Crippen molar-refractivity contribution < 1.29 is 4.74 Å². The van der Waals surface area contributed by atoms with Gasteiger partial charge >= 0.3 is 0 Å². The molecule has 2 nitrogen and oxygen atoms in total. The Hall–Kier alpha value is -2.74. The van der Waals surface area contributed by atoms with Crippen LogP contribution in [0.25, 0.3) is 16.8 Å². The normalized spacial score (nSPS) is 15.3. The lowest BCUT2D eigenvalue weighted by Gasteiger charge is -2.11. The fourth-order valence-electron chi connectivity index (χ4n) is 2.76. The number of hydrogen-bond acceptors (Lipinski definition) is 2. The first-order chi connectivity index (χ1) is 10.3. The Labute approximate surface area is 123 Å². The minimum Gasteiger partial charge on any atom is -0.439 e. The molecule has 0 saturated heterocycles. The van der Waals surface area contributed by atoms with Gasteiger partial charge in [0.25, 0.3) is 0 Å². The molecule has 21 heavy (non-hydrogen) atoms. The second-order valence-electron chi connectivity index (χ2n) is 5.18. The summed E-state index contributed by atoms with van der Waals surface area (Å²) < 4.78 is 5.96. The van der Waals surface area contributed by atoms with Crippen molar-refractivity contribution in [3.05, 3.63) is 78.2 Å². The van der Waals surface area contributed by atoms with Crippen LogP contribution in [0.2, 0.25) is 0 Å². The van der Waals surface area contributed by atoms with Gasteiger partial charge in [-0.3, -0.25) is 0 Å². The number of anilines is 1. The highest BCUT2D eigenvalue weighted by Gasteiger charge is 2.22. The quantitative estimate of drug-likeness (QED) is 0.639. The first-order valence-electron chi connectivity index (χ1n) is 7.03. The van der Waals surface area contributed by atoms with Crippen LogP contribution < -0.4 is 9.64 Å². The Morgan fingerprint density at radius 1 is 0.857 bits per heavy atom. The number of rotatable bonds is 1. The summed E-state index contributed by atoms with van der Waals surface area (Å²) in [5.74, 6) is 1.76. The summed E-state index contributed by atoms with van der Waals surface area (Å²) >= 11 is 0. The molecule has 0 saturated carbocycles. The van der Waals surface area contributed by atoms with Crippen LogP contribution in [0, 0.1) is 0 Å². The maximum absolute atomic E-state index is 5.96. The molecule has 0 radical (unpaired) electrons. The van der Waals surface area contributed by atoms with Crippen LogP contribution in [-0.4, -0.2) is 7.05 Å². The van der Waals surface area contributed by atoms with E-state index in [4.69, 9.17) is 4.74 Å². The molecule has 0 bridgehead atoms. The minimum atomic E-state index is 0.854. The molecule has 4 rings (SSSR count). The smallest absolute Gasteiger partial charge is 0.201 e. The highest BCUT2D eigenvalue weighted by atomic mass is 16.5. The fraction of sp³-hybridized carbons (Fsp3) is 0.0526. The molecule has 2 heteroatoms. The molecule has 0 unspecified atom stereocenters. The van der Waals surface area contributed by atoms with E-state index in [9.17, 15) is 0 Å². The third-order valence-electron chi connectivity index (χ3n) is 3.87. The van der Waals surface area contributed by atoms with Gasteiger partial charge in [0.1, 0.15) is 0 Å². The summed E-state index contributed by atoms with van der Waals surface area (Å²) in [4.78, 5) is 2.08. The summed E-state index contributed by atoms with van der Waals surface area (Å²) in [6.07, 6.45) is 2.10. The van der Waals surface area contributed by atoms with Gasteiger partial charge in [0.05, 0.1) is 5.69 Å². The summed E-state index contributed by atoms with van der Waals surface area (Å²) in [5.41, 5.74) is 2.27. The molecule has 3 aromatic carbocycles. The second kappa shape index (κ2) is 4.67. The first kappa shape index (κ1) is 12.0. The molecular weight excluding hydrogens is 258 g/mol. The van der Waals surface area contributed by atoms with E-state index in [0.29, 0.717) is 0 Å². The third-order valence-corrected chi connectivity index (χ3v) is 3.87. The number of fused-ring (bicyclic) bond motifs is 2. The van der Waals surface area contributed by atoms with Gasteiger partial charge in [0.15, 0.2) is 5.75 Å². The van der Waals surface area contributed by atoms with Crippen LogP contribution in [0.4, 0.5) is 5.69 Å². The molecule has 0 fully saturated rings. The molecule has 3 aromatic rings. The molecule has 1 aliphatic heterocycles.